The first-order valence-corrected chi connectivity index (χ1v) is 4.83. The second-order valence-electron chi connectivity index (χ2n) is 2.92. The van der Waals surface area contributed by atoms with Crippen LogP contribution >= 0.6 is 11.6 Å². The van der Waals surface area contributed by atoms with Gasteiger partial charge in [-0.3, -0.25) is 4.98 Å². The highest BCUT2D eigenvalue weighted by Gasteiger charge is 2.02. The van der Waals surface area contributed by atoms with Crippen LogP contribution in [0.4, 0.5) is 5.82 Å². The summed E-state index contributed by atoms with van der Waals surface area (Å²) in [6, 6.07) is 3.64. The van der Waals surface area contributed by atoms with Crippen LogP contribution in [0.3, 0.4) is 0 Å². The van der Waals surface area contributed by atoms with E-state index in [1.165, 1.54) is 6.33 Å². The molecule has 2 aromatic heterocycles. The summed E-state index contributed by atoms with van der Waals surface area (Å²) in [6.45, 7) is 0. The molecule has 0 aromatic carbocycles. The molecule has 4 nitrogen and oxygen atoms in total. The van der Waals surface area contributed by atoms with Crippen LogP contribution in [0.1, 0.15) is 11.1 Å². The number of rotatable bonds is 0. The van der Waals surface area contributed by atoms with Crippen LogP contribution in [-0.2, 0) is 0 Å². The lowest BCUT2D eigenvalue weighted by Gasteiger charge is -1.97. The van der Waals surface area contributed by atoms with Crippen molar-refractivity contribution in [3.8, 4) is 11.8 Å². The predicted molar refractivity (Wildman–Crippen MR) is 61.7 cm³/mol. The molecule has 0 fully saturated rings. The zero-order valence-electron chi connectivity index (χ0n) is 8.18. The third-order valence-corrected chi connectivity index (χ3v) is 2.11. The molecule has 2 rings (SSSR count). The van der Waals surface area contributed by atoms with Gasteiger partial charge in [-0.25, -0.2) is 9.97 Å². The summed E-state index contributed by atoms with van der Waals surface area (Å²) >= 11 is 5.85. The van der Waals surface area contributed by atoms with E-state index in [0.29, 0.717) is 5.56 Å². The van der Waals surface area contributed by atoms with Gasteiger partial charge < -0.3 is 5.73 Å². The molecule has 78 valence electrons. The standard InChI is InChI=1S/C11H7ClN4/c12-10-9(11(13)16-7-15-10)4-3-8-2-1-5-14-6-8/h1-2,5-7H,(H2,13,15,16). The molecule has 16 heavy (non-hydrogen) atoms. The molecule has 0 aliphatic heterocycles. The van der Waals surface area contributed by atoms with E-state index >= 15 is 0 Å². The summed E-state index contributed by atoms with van der Waals surface area (Å²) in [5.41, 5.74) is 6.85. The van der Waals surface area contributed by atoms with Gasteiger partial charge in [0.2, 0.25) is 0 Å². The van der Waals surface area contributed by atoms with Gasteiger partial charge >= 0.3 is 0 Å². The zero-order chi connectivity index (χ0) is 11.4. The van der Waals surface area contributed by atoms with Gasteiger partial charge in [-0.05, 0) is 12.1 Å². The summed E-state index contributed by atoms with van der Waals surface area (Å²) in [4.78, 5) is 11.6. The van der Waals surface area contributed by atoms with Gasteiger partial charge in [-0.15, -0.1) is 0 Å². The third-order valence-electron chi connectivity index (χ3n) is 1.82. The number of hydrogen-bond donors (Lipinski definition) is 1. The molecule has 0 saturated carbocycles. The number of nitrogens with zero attached hydrogens (tertiary/aromatic N) is 3. The van der Waals surface area contributed by atoms with Gasteiger partial charge in [-0.2, -0.15) is 0 Å². The van der Waals surface area contributed by atoms with Crippen molar-refractivity contribution >= 4 is 17.4 Å². The van der Waals surface area contributed by atoms with Crippen molar-refractivity contribution in [1.82, 2.24) is 15.0 Å². The molecule has 0 spiro atoms. The van der Waals surface area contributed by atoms with Crippen LogP contribution in [0.25, 0.3) is 0 Å². The Bertz CT molecular complexity index is 537. The smallest absolute Gasteiger partial charge is 0.150 e. The number of halogens is 1. The predicted octanol–water partition coefficient (Wildman–Crippen LogP) is 1.51. The Morgan fingerprint density at radius 2 is 2.12 bits per heavy atom. The van der Waals surface area contributed by atoms with E-state index in [-0.39, 0.29) is 11.0 Å². The van der Waals surface area contributed by atoms with Crippen molar-refractivity contribution < 1.29 is 0 Å². The SMILES string of the molecule is Nc1ncnc(Cl)c1C#Cc1cccnc1. The van der Waals surface area contributed by atoms with Gasteiger partial charge in [-0.1, -0.05) is 23.4 Å². The van der Waals surface area contributed by atoms with Gasteiger partial charge in [0.1, 0.15) is 22.9 Å². The van der Waals surface area contributed by atoms with Crippen LogP contribution < -0.4 is 5.73 Å². The first-order chi connectivity index (χ1) is 7.77. The lowest BCUT2D eigenvalue weighted by atomic mass is 10.2. The molecular formula is C11H7ClN4. The minimum Gasteiger partial charge on any atom is -0.383 e. The minimum absolute atomic E-state index is 0.254. The molecule has 2 N–H and O–H groups in total. The maximum Gasteiger partial charge on any atom is 0.150 e. The van der Waals surface area contributed by atoms with E-state index in [1.807, 2.05) is 6.07 Å². The molecule has 5 heteroatoms. The van der Waals surface area contributed by atoms with Crippen LogP contribution in [0.15, 0.2) is 30.9 Å². The summed E-state index contributed by atoms with van der Waals surface area (Å²) in [5, 5.41) is 0.254. The van der Waals surface area contributed by atoms with Crippen molar-refractivity contribution in [3.05, 3.63) is 47.1 Å². The van der Waals surface area contributed by atoms with Crippen molar-refractivity contribution in [2.24, 2.45) is 0 Å². The fourth-order valence-corrected chi connectivity index (χ4v) is 1.25. The Balaban J connectivity index is 2.39. The molecule has 0 bridgehead atoms. The Kier molecular flexibility index (Phi) is 2.99. The number of hydrogen-bond acceptors (Lipinski definition) is 4. The normalized spacial score (nSPS) is 9.31. The largest absolute Gasteiger partial charge is 0.383 e. The molecule has 0 unspecified atom stereocenters. The fourth-order valence-electron chi connectivity index (χ4n) is 1.06. The summed E-state index contributed by atoms with van der Waals surface area (Å²) in [6.07, 6.45) is 4.63. The van der Waals surface area contributed by atoms with Crippen molar-refractivity contribution in [3.63, 3.8) is 0 Å². The van der Waals surface area contributed by atoms with Crippen molar-refractivity contribution in [2.45, 2.75) is 0 Å². The highest BCUT2D eigenvalue weighted by Crippen LogP contribution is 2.15. The fraction of sp³-hybridized carbons (Fsp3) is 0. The second kappa shape index (κ2) is 4.60. The number of anilines is 1. The Hall–Kier alpha value is -2.12. The van der Waals surface area contributed by atoms with Gasteiger partial charge in [0.05, 0.1) is 0 Å². The monoisotopic (exact) mass is 230 g/mol. The van der Waals surface area contributed by atoms with Gasteiger partial charge in [0, 0.05) is 18.0 Å². The number of pyridine rings is 1. The van der Waals surface area contributed by atoms with Crippen molar-refractivity contribution in [2.75, 3.05) is 5.73 Å². The van der Waals surface area contributed by atoms with Crippen LogP contribution in [0.2, 0.25) is 5.15 Å². The van der Waals surface area contributed by atoms with E-state index in [2.05, 4.69) is 26.8 Å². The minimum atomic E-state index is 0.254. The summed E-state index contributed by atoms with van der Waals surface area (Å²) in [7, 11) is 0. The molecule has 2 heterocycles. The third kappa shape index (κ3) is 2.27. The topological polar surface area (TPSA) is 64.7 Å². The number of aromatic nitrogens is 3. The zero-order valence-corrected chi connectivity index (χ0v) is 8.94. The van der Waals surface area contributed by atoms with E-state index in [9.17, 15) is 0 Å². The summed E-state index contributed by atoms with van der Waals surface area (Å²) < 4.78 is 0. The highest BCUT2D eigenvalue weighted by molar-refractivity contribution is 6.30. The quantitative estimate of drug-likeness (QED) is 0.550. The Morgan fingerprint density at radius 1 is 1.25 bits per heavy atom. The Morgan fingerprint density at radius 3 is 2.81 bits per heavy atom. The number of nitrogens with two attached hydrogens (primary N) is 1. The maximum atomic E-state index is 5.85. The van der Waals surface area contributed by atoms with Crippen molar-refractivity contribution in [1.29, 1.82) is 0 Å². The van der Waals surface area contributed by atoms with Crippen LogP contribution in [-0.4, -0.2) is 15.0 Å². The maximum absolute atomic E-state index is 5.85. The second-order valence-corrected chi connectivity index (χ2v) is 3.27. The summed E-state index contributed by atoms with van der Waals surface area (Å²) in [5.74, 6) is 5.99. The van der Waals surface area contributed by atoms with E-state index in [0.717, 1.165) is 5.56 Å². The molecule has 0 aliphatic carbocycles. The molecule has 2 aromatic rings. The average molecular weight is 231 g/mol. The lowest BCUT2D eigenvalue weighted by Crippen LogP contribution is -1.96. The first-order valence-electron chi connectivity index (χ1n) is 4.45. The number of nitrogen functional groups attached to an aromatic ring is 1. The highest BCUT2D eigenvalue weighted by atomic mass is 35.5. The van der Waals surface area contributed by atoms with E-state index in [4.69, 9.17) is 17.3 Å². The van der Waals surface area contributed by atoms with Crippen LogP contribution in [0, 0.1) is 11.8 Å². The molecule has 0 aliphatic rings. The van der Waals surface area contributed by atoms with E-state index in [1.54, 1.807) is 18.5 Å². The molecular weight excluding hydrogens is 224 g/mol. The molecule has 0 amide bonds. The Labute approximate surface area is 97.5 Å². The lowest BCUT2D eigenvalue weighted by molar-refractivity contribution is 1.17. The van der Waals surface area contributed by atoms with E-state index < -0.39 is 0 Å². The molecule has 0 radical (unpaired) electrons. The molecule has 0 atom stereocenters. The first kappa shape index (κ1) is 10.4. The van der Waals surface area contributed by atoms with Gasteiger partial charge in [0.25, 0.3) is 0 Å². The molecule has 0 saturated heterocycles. The van der Waals surface area contributed by atoms with Gasteiger partial charge in [0.15, 0.2) is 0 Å². The average Bonchev–Trinajstić information content (AvgIpc) is 2.30. The van der Waals surface area contributed by atoms with Crippen LogP contribution in [0.5, 0.6) is 0 Å².